The second kappa shape index (κ2) is 3.69. The summed E-state index contributed by atoms with van der Waals surface area (Å²) in [6.45, 7) is -0.187. The number of amidine groups is 1. The number of hydrazine groups is 1. The highest BCUT2D eigenvalue weighted by Crippen LogP contribution is 2.33. The highest BCUT2D eigenvalue weighted by Gasteiger charge is 2.42. The molecule has 0 aliphatic carbocycles. The van der Waals surface area contributed by atoms with Crippen molar-refractivity contribution in [2.75, 3.05) is 18.2 Å². The topological polar surface area (TPSA) is 90.8 Å². The number of nitrogens with zero attached hydrogens (tertiary/aromatic N) is 1. The summed E-state index contributed by atoms with van der Waals surface area (Å²) in [5.74, 6) is 0.352. The number of hydrogen-bond donors (Lipinski definition) is 3. The van der Waals surface area contributed by atoms with Gasteiger partial charge in [-0.1, -0.05) is 11.8 Å². The van der Waals surface area contributed by atoms with Gasteiger partial charge in [0.25, 0.3) is 0 Å². The number of sulfone groups is 1. The van der Waals surface area contributed by atoms with Gasteiger partial charge in [0.15, 0.2) is 15.0 Å². The number of fused-ring (bicyclic) bond motifs is 1. The predicted octanol–water partition coefficient (Wildman–Crippen LogP) is -1.70. The highest BCUT2D eigenvalue weighted by atomic mass is 32.2. The lowest BCUT2D eigenvalue weighted by Gasteiger charge is -2.05. The van der Waals surface area contributed by atoms with E-state index in [1.54, 1.807) is 0 Å². The van der Waals surface area contributed by atoms with Gasteiger partial charge in [-0.2, -0.15) is 0 Å². The molecule has 80 valence electrons. The first-order chi connectivity index (χ1) is 6.61. The molecule has 1 saturated heterocycles. The molecule has 0 aromatic heterocycles. The lowest BCUT2D eigenvalue weighted by molar-refractivity contribution is 0.252. The Hall–Kier alpha value is -0.310. The summed E-state index contributed by atoms with van der Waals surface area (Å²) < 4.78 is 22.4. The largest absolute Gasteiger partial charge is 0.380 e. The van der Waals surface area contributed by atoms with Crippen molar-refractivity contribution in [2.24, 2.45) is 4.99 Å². The molecule has 2 atom stereocenters. The van der Waals surface area contributed by atoms with Crippen LogP contribution in [0.3, 0.4) is 0 Å². The smallest absolute Gasteiger partial charge is 0.171 e. The number of aliphatic hydroxyl groups is 1. The minimum atomic E-state index is -2.87. The van der Waals surface area contributed by atoms with Crippen LogP contribution in [0.1, 0.15) is 0 Å². The van der Waals surface area contributed by atoms with E-state index in [0.29, 0.717) is 5.17 Å². The summed E-state index contributed by atoms with van der Waals surface area (Å²) in [5.41, 5.74) is 5.21. The van der Waals surface area contributed by atoms with Crippen LogP contribution in [0.15, 0.2) is 4.99 Å². The number of hydrogen-bond acceptors (Lipinski definition) is 7. The molecule has 0 radical (unpaired) electrons. The Balaban J connectivity index is 1.98. The van der Waals surface area contributed by atoms with Gasteiger partial charge in [0, 0.05) is 5.25 Å². The second-order valence-corrected chi connectivity index (χ2v) is 6.58. The Labute approximate surface area is 86.1 Å². The van der Waals surface area contributed by atoms with Crippen LogP contribution >= 0.6 is 11.8 Å². The Morgan fingerprint density at radius 3 is 3.00 bits per heavy atom. The number of nitrogens with one attached hydrogen (secondary N) is 2. The lowest BCUT2D eigenvalue weighted by Crippen LogP contribution is -2.36. The minimum Gasteiger partial charge on any atom is -0.380 e. The lowest BCUT2D eigenvalue weighted by atomic mass is 10.3. The fourth-order valence-electron chi connectivity index (χ4n) is 1.53. The monoisotopic (exact) mass is 237 g/mol. The molecule has 2 heterocycles. The zero-order valence-corrected chi connectivity index (χ0v) is 8.94. The number of aliphatic imine (C=N–C) groups is 1. The molecule has 0 amide bonds. The highest BCUT2D eigenvalue weighted by molar-refractivity contribution is 8.15. The van der Waals surface area contributed by atoms with Crippen molar-refractivity contribution in [3.63, 3.8) is 0 Å². The Kier molecular flexibility index (Phi) is 2.69. The second-order valence-electron chi connectivity index (χ2n) is 3.19. The Bertz CT molecular complexity index is 353. The van der Waals surface area contributed by atoms with Crippen molar-refractivity contribution >= 4 is 26.8 Å². The van der Waals surface area contributed by atoms with Gasteiger partial charge in [-0.25, -0.2) is 13.8 Å². The van der Waals surface area contributed by atoms with Crippen LogP contribution in [0.25, 0.3) is 0 Å². The minimum absolute atomic E-state index is 0.0444. The van der Waals surface area contributed by atoms with E-state index in [-0.39, 0.29) is 29.5 Å². The van der Waals surface area contributed by atoms with Crippen molar-refractivity contribution in [3.05, 3.63) is 0 Å². The van der Waals surface area contributed by atoms with E-state index in [0.717, 1.165) is 0 Å². The first-order valence-corrected chi connectivity index (χ1v) is 6.85. The Morgan fingerprint density at radius 2 is 2.36 bits per heavy atom. The average Bonchev–Trinajstić information content (AvgIpc) is 2.53. The molecule has 0 spiro atoms. The molecular weight excluding hydrogens is 226 g/mol. The van der Waals surface area contributed by atoms with Gasteiger partial charge in [0.1, 0.15) is 6.73 Å². The van der Waals surface area contributed by atoms with Crippen molar-refractivity contribution in [1.29, 1.82) is 0 Å². The van der Waals surface area contributed by atoms with Crippen LogP contribution in [-0.4, -0.2) is 48.2 Å². The van der Waals surface area contributed by atoms with Gasteiger partial charge in [0.05, 0.1) is 17.5 Å². The van der Waals surface area contributed by atoms with Crippen molar-refractivity contribution in [1.82, 2.24) is 10.9 Å². The maximum Gasteiger partial charge on any atom is 0.171 e. The fraction of sp³-hybridized carbons (Fsp3) is 0.833. The first kappa shape index (κ1) is 10.2. The summed E-state index contributed by atoms with van der Waals surface area (Å²) in [6.07, 6.45) is 0. The third-order valence-corrected chi connectivity index (χ3v) is 5.23. The van der Waals surface area contributed by atoms with Crippen LogP contribution in [0.5, 0.6) is 0 Å². The zero-order valence-electron chi connectivity index (χ0n) is 7.30. The van der Waals surface area contributed by atoms with E-state index in [4.69, 9.17) is 5.11 Å². The van der Waals surface area contributed by atoms with Gasteiger partial charge in [0.2, 0.25) is 0 Å². The van der Waals surface area contributed by atoms with Gasteiger partial charge >= 0.3 is 0 Å². The molecule has 0 bridgehead atoms. The van der Waals surface area contributed by atoms with E-state index in [1.165, 1.54) is 11.8 Å². The molecule has 6 nitrogen and oxygen atoms in total. The molecule has 0 saturated carbocycles. The average molecular weight is 237 g/mol. The molecule has 3 N–H and O–H groups in total. The predicted molar refractivity (Wildman–Crippen MR) is 54.6 cm³/mol. The molecule has 0 aromatic carbocycles. The summed E-state index contributed by atoms with van der Waals surface area (Å²) in [7, 11) is -2.87. The summed E-state index contributed by atoms with van der Waals surface area (Å²) in [4.78, 5) is 4.20. The maximum atomic E-state index is 11.2. The third kappa shape index (κ3) is 2.02. The molecule has 2 rings (SSSR count). The molecule has 8 heteroatoms. The first-order valence-electron chi connectivity index (χ1n) is 4.15. The standard InChI is InChI=1S/C6H11N3O3S2/c10-3-7-9-6-8-4-1-14(11,12)2-5(4)13-6/h4-5,7,10H,1-3H2,(H,8,9)/t4-,5+/m1/s1. The normalized spacial score (nSPS) is 33.9. The van der Waals surface area contributed by atoms with Crippen LogP contribution in [0, 0.1) is 0 Å². The summed E-state index contributed by atoms with van der Waals surface area (Å²) in [5, 5.41) is 9.18. The van der Waals surface area contributed by atoms with Gasteiger partial charge in [-0.05, 0) is 0 Å². The molecule has 1 fully saturated rings. The van der Waals surface area contributed by atoms with Crippen LogP contribution in [-0.2, 0) is 9.84 Å². The van der Waals surface area contributed by atoms with Gasteiger partial charge < -0.3 is 5.11 Å². The fourth-order valence-corrected chi connectivity index (χ4v) is 5.16. The maximum absolute atomic E-state index is 11.2. The van der Waals surface area contributed by atoms with Crippen LogP contribution < -0.4 is 10.9 Å². The number of thioether (sulfide) groups is 1. The number of aliphatic hydroxyl groups excluding tert-OH is 1. The van der Waals surface area contributed by atoms with Crippen molar-refractivity contribution in [3.8, 4) is 0 Å². The van der Waals surface area contributed by atoms with Gasteiger partial charge in [-0.3, -0.25) is 10.4 Å². The molecule has 2 aliphatic heterocycles. The van der Waals surface area contributed by atoms with E-state index in [1.807, 2.05) is 0 Å². The molecule has 0 unspecified atom stereocenters. The van der Waals surface area contributed by atoms with E-state index < -0.39 is 9.84 Å². The summed E-state index contributed by atoms with van der Waals surface area (Å²) in [6, 6.07) is -0.118. The zero-order chi connectivity index (χ0) is 10.2. The van der Waals surface area contributed by atoms with Crippen molar-refractivity contribution in [2.45, 2.75) is 11.3 Å². The quantitative estimate of drug-likeness (QED) is 0.392. The molecule has 14 heavy (non-hydrogen) atoms. The third-order valence-electron chi connectivity index (χ3n) is 2.09. The van der Waals surface area contributed by atoms with E-state index in [2.05, 4.69) is 15.8 Å². The Morgan fingerprint density at radius 1 is 1.57 bits per heavy atom. The SMILES string of the molecule is O=S1(=O)C[C@@H]2SC(NNCO)=N[C@@H]2C1. The number of rotatable bonds is 2. The molecule has 0 aromatic rings. The summed E-state index contributed by atoms with van der Waals surface area (Å²) >= 11 is 1.41. The molecule has 2 aliphatic rings. The van der Waals surface area contributed by atoms with Gasteiger partial charge in [-0.15, -0.1) is 0 Å². The van der Waals surface area contributed by atoms with E-state index >= 15 is 0 Å². The van der Waals surface area contributed by atoms with Crippen LogP contribution in [0.4, 0.5) is 0 Å². The van der Waals surface area contributed by atoms with Crippen molar-refractivity contribution < 1.29 is 13.5 Å². The van der Waals surface area contributed by atoms with E-state index in [9.17, 15) is 8.42 Å². The molecular formula is C6H11N3O3S2. The van der Waals surface area contributed by atoms with Crippen LogP contribution in [0.2, 0.25) is 0 Å².